The zero-order chi connectivity index (χ0) is 14.3. The van der Waals surface area contributed by atoms with Crippen LogP contribution in [0.2, 0.25) is 0 Å². The van der Waals surface area contributed by atoms with E-state index in [9.17, 15) is 8.78 Å². The van der Waals surface area contributed by atoms with Crippen LogP contribution in [0.15, 0.2) is 36.4 Å². The van der Waals surface area contributed by atoms with Crippen molar-refractivity contribution in [2.24, 2.45) is 0 Å². The summed E-state index contributed by atoms with van der Waals surface area (Å²) < 4.78 is 28.9. The van der Waals surface area contributed by atoms with Gasteiger partial charge in [-0.05, 0) is 42.8 Å². The molecule has 5 heteroatoms. The average molecular weight is 293 g/mol. The fourth-order valence-corrected chi connectivity index (χ4v) is 2.44. The first-order valence-corrected chi connectivity index (χ1v) is 6.63. The summed E-state index contributed by atoms with van der Waals surface area (Å²) >= 11 is 5.90. The summed E-state index contributed by atoms with van der Waals surface area (Å²) in [6.45, 7) is 1.68. The number of rotatable bonds is 2. The molecule has 0 aliphatic heterocycles. The standard InChI is InChI=1S/C15H11ClF2N2/c1-9-7-10(5-6-11(9)17)20-13-4-2-3-12(18)15(13)19-14(20)8-16/h2-7H,8H2,1H3. The number of benzene rings is 2. The first kappa shape index (κ1) is 13.1. The normalized spacial score (nSPS) is 11.2. The summed E-state index contributed by atoms with van der Waals surface area (Å²) in [5.74, 6) is -0.00845. The zero-order valence-electron chi connectivity index (χ0n) is 10.7. The summed E-state index contributed by atoms with van der Waals surface area (Å²) in [5.41, 5.74) is 2.12. The minimum Gasteiger partial charge on any atom is -0.295 e. The average Bonchev–Trinajstić information content (AvgIpc) is 2.82. The second-order valence-corrected chi connectivity index (χ2v) is 4.81. The summed E-state index contributed by atoms with van der Waals surface area (Å²) in [4.78, 5) is 4.22. The Morgan fingerprint density at radius 2 is 1.95 bits per heavy atom. The third-order valence-electron chi connectivity index (χ3n) is 3.22. The first-order valence-electron chi connectivity index (χ1n) is 6.10. The number of halogens is 3. The van der Waals surface area contributed by atoms with E-state index in [-0.39, 0.29) is 17.2 Å². The van der Waals surface area contributed by atoms with Crippen LogP contribution in [0.1, 0.15) is 11.4 Å². The Labute approximate surface area is 119 Å². The van der Waals surface area contributed by atoms with Crippen LogP contribution >= 0.6 is 11.6 Å². The number of aryl methyl sites for hydroxylation is 1. The lowest BCUT2D eigenvalue weighted by Crippen LogP contribution is -2.00. The van der Waals surface area contributed by atoms with E-state index in [2.05, 4.69) is 4.98 Å². The molecule has 0 saturated heterocycles. The van der Waals surface area contributed by atoms with Crippen LogP contribution in [-0.2, 0) is 5.88 Å². The van der Waals surface area contributed by atoms with E-state index in [0.717, 1.165) is 0 Å². The molecule has 0 fully saturated rings. The van der Waals surface area contributed by atoms with Crippen molar-refractivity contribution < 1.29 is 8.78 Å². The molecule has 0 N–H and O–H groups in total. The number of aromatic nitrogens is 2. The molecule has 0 aliphatic rings. The molecular weight excluding hydrogens is 282 g/mol. The summed E-state index contributed by atoms with van der Waals surface area (Å²) in [6, 6.07) is 9.44. The van der Waals surface area contributed by atoms with Crippen LogP contribution in [0.25, 0.3) is 16.7 Å². The van der Waals surface area contributed by atoms with Gasteiger partial charge in [-0.15, -0.1) is 11.6 Å². The van der Waals surface area contributed by atoms with Gasteiger partial charge in [0.05, 0.1) is 11.4 Å². The molecule has 0 saturated carbocycles. The fourth-order valence-electron chi connectivity index (χ4n) is 2.26. The van der Waals surface area contributed by atoms with E-state index in [1.165, 1.54) is 12.1 Å². The quantitative estimate of drug-likeness (QED) is 0.642. The van der Waals surface area contributed by atoms with Crippen molar-refractivity contribution in [3.63, 3.8) is 0 Å². The summed E-state index contributed by atoms with van der Waals surface area (Å²) in [6.07, 6.45) is 0. The lowest BCUT2D eigenvalue weighted by molar-refractivity contribution is 0.618. The maximum Gasteiger partial charge on any atom is 0.151 e. The summed E-state index contributed by atoms with van der Waals surface area (Å²) in [5, 5.41) is 0. The van der Waals surface area contributed by atoms with Gasteiger partial charge in [0, 0.05) is 5.69 Å². The van der Waals surface area contributed by atoms with E-state index in [1.807, 2.05) is 0 Å². The predicted molar refractivity (Wildman–Crippen MR) is 75.3 cm³/mol. The third-order valence-corrected chi connectivity index (χ3v) is 3.46. The van der Waals surface area contributed by atoms with Crippen LogP contribution in [0, 0.1) is 18.6 Å². The largest absolute Gasteiger partial charge is 0.295 e. The molecule has 0 spiro atoms. The van der Waals surface area contributed by atoms with Gasteiger partial charge in [0.15, 0.2) is 5.82 Å². The number of fused-ring (bicyclic) bond motifs is 1. The van der Waals surface area contributed by atoms with E-state index >= 15 is 0 Å². The Bertz CT molecular complexity index is 796. The van der Waals surface area contributed by atoms with Gasteiger partial charge >= 0.3 is 0 Å². The van der Waals surface area contributed by atoms with Crippen molar-refractivity contribution in [2.75, 3.05) is 0 Å². The molecule has 20 heavy (non-hydrogen) atoms. The Balaban J connectivity index is 2.34. The fraction of sp³-hybridized carbons (Fsp3) is 0.133. The Hall–Kier alpha value is -1.94. The number of para-hydroxylation sites is 1. The van der Waals surface area contributed by atoms with Gasteiger partial charge in [0.2, 0.25) is 0 Å². The minimum atomic E-state index is -0.397. The van der Waals surface area contributed by atoms with Gasteiger partial charge in [-0.2, -0.15) is 0 Å². The number of hydrogen-bond acceptors (Lipinski definition) is 1. The molecule has 0 bridgehead atoms. The summed E-state index contributed by atoms with van der Waals surface area (Å²) in [7, 11) is 0. The molecule has 2 nitrogen and oxygen atoms in total. The Morgan fingerprint density at radius 1 is 1.15 bits per heavy atom. The highest BCUT2D eigenvalue weighted by Gasteiger charge is 2.14. The van der Waals surface area contributed by atoms with Crippen LogP contribution < -0.4 is 0 Å². The smallest absolute Gasteiger partial charge is 0.151 e. The molecule has 0 amide bonds. The first-order chi connectivity index (χ1) is 9.61. The lowest BCUT2D eigenvalue weighted by atomic mass is 10.2. The molecule has 102 valence electrons. The maximum absolute atomic E-state index is 13.8. The van der Waals surface area contributed by atoms with Crippen LogP contribution in [-0.4, -0.2) is 9.55 Å². The maximum atomic E-state index is 13.8. The molecule has 0 radical (unpaired) electrons. The number of hydrogen-bond donors (Lipinski definition) is 0. The van der Waals surface area contributed by atoms with Gasteiger partial charge in [0.1, 0.15) is 17.2 Å². The molecule has 2 aromatic carbocycles. The molecule has 1 aromatic heterocycles. The number of imidazole rings is 1. The van der Waals surface area contributed by atoms with Gasteiger partial charge in [-0.25, -0.2) is 13.8 Å². The minimum absolute atomic E-state index is 0.143. The Kier molecular flexibility index (Phi) is 3.18. The molecule has 3 rings (SSSR count). The monoisotopic (exact) mass is 292 g/mol. The van der Waals surface area contributed by atoms with E-state index in [0.29, 0.717) is 22.6 Å². The molecular formula is C15H11ClF2N2. The Morgan fingerprint density at radius 3 is 2.65 bits per heavy atom. The molecule has 0 atom stereocenters. The zero-order valence-corrected chi connectivity index (χ0v) is 11.5. The molecule has 3 aromatic rings. The molecule has 1 heterocycles. The van der Waals surface area contributed by atoms with Gasteiger partial charge in [-0.1, -0.05) is 6.07 Å². The second kappa shape index (κ2) is 4.87. The van der Waals surface area contributed by atoms with Crippen LogP contribution in [0.4, 0.5) is 8.78 Å². The van der Waals surface area contributed by atoms with E-state index in [4.69, 9.17) is 11.6 Å². The van der Waals surface area contributed by atoms with Crippen molar-refractivity contribution in [3.05, 3.63) is 59.4 Å². The van der Waals surface area contributed by atoms with Gasteiger partial charge in [0.25, 0.3) is 0 Å². The van der Waals surface area contributed by atoms with Crippen molar-refractivity contribution >= 4 is 22.6 Å². The highest BCUT2D eigenvalue weighted by molar-refractivity contribution is 6.17. The second-order valence-electron chi connectivity index (χ2n) is 4.54. The predicted octanol–water partition coefficient (Wildman–Crippen LogP) is 4.35. The van der Waals surface area contributed by atoms with Gasteiger partial charge in [-0.3, -0.25) is 4.57 Å². The molecule has 0 aliphatic carbocycles. The highest BCUT2D eigenvalue weighted by atomic mass is 35.5. The topological polar surface area (TPSA) is 17.8 Å². The number of alkyl halides is 1. The van der Waals surface area contributed by atoms with Crippen molar-refractivity contribution in [1.29, 1.82) is 0 Å². The SMILES string of the molecule is Cc1cc(-n2c(CCl)nc3c(F)cccc32)ccc1F. The van der Waals surface area contributed by atoms with Gasteiger partial charge < -0.3 is 0 Å². The van der Waals surface area contributed by atoms with Crippen molar-refractivity contribution in [3.8, 4) is 5.69 Å². The van der Waals surface area contributed by atoms with E-state index < -0.39 is 5.82 Å². The van der Waals surface area contributed by atoms with Crippen molar-refractivity contribution in [2.45, 2.75) is 12.8 Å². The van der Waals surface area contributed by atoms with Crippen LogP contribution in [0.5, 0.6) is 0 Å². The number of nitrogens with zero attached hydrogens (tertiary/aromatic N) is 2. The van der Waals surface area contributed by atoms with Crippen LogP contribution in [0.3, 0.4) is 0 Å². The highest BCUT2D eigenvalue weighted by Crippen LogP contribution is 2.25. The van der Waals surface area contributed by atoms with Crippen molar-refractivity contribution in [1.82, 2.24) is 9.55 Å². The third kappa shape index (κ3) is 1.96. The lowest BCUT2D eigenvalue weighted by Gasteiger charge is -2.09. The molecule has 0 unspecified atom stereocenters. The van der Waals surface area contributed by atoms with E-state index in [1.54, 1.807) is 35.8 Å².